The predicted octanol–water partition coefficient (Wildman–Crippen LogP) is 7.93. The van der Waals surface area contributed by atoms with E-state index in [1.165, 1.54) is 0 Å². The largest absolute Gasteiger partial charge is 0.456 e. The molecule has 31 heavy (non-hydrogen) atoms. The van der Waals surface area contributed by atoms with Crippen molar-refractivity contribution in [1.29, 1.82) is 0 Å². The highest BCUT2D eigenvalue weighted by atomic mass is 79.9. The number of nitrogens with zero attached hydrogens (tertiary/aromatic N) is 2. The van der Waals surface area contributed by atoms with Crippen LogP contribution in [0.5, 0.6) is 0 Å². The maximum absolute atomic E-state index is 6.18. The molecule has 0 atom stereocenters. The van der Waals surface area contributed by atoms with Crippen LogP contribution < -0.4 is 0 Å². The number of fused-ring (bicyclic) bond motifs is 4. The lowest BCUT2D eigenvalue weighted by Crippen LogP contribution is -1.96. The van der Waals surface area contributed by atoms with Gasteiger partial charge in [0.2, 0.25) is 0 Å². The molecule has 6 aromatic rings. The summed E-state index contributed by atoms with van der Waals surface area (Å²) in [4.78, 5) is 10.0. The molecule has 2 heterocycles. The summed E-state index contributed by atoms with van der Waals surface area (Å²) in [6, 6.07) is 28.8. The van der Waals surface area contributed by atoms with E-state index >= 15 is 0 Å². The van der Waals surface area contributed by atoms with Gasteiger partial charge in [-0.3, -0.25) is 0 Å². The first-order valence-electron chi connectivity index (χ1n) is 10.1. The Morgan fingerprint density at radius 1 is 0.742 bits per heavy atom. The number of aromatic nitrogens is 2. The SMILES string of the molecule is Cc1cc(-c2nc(-c3ccccc3)c3ccccc3n2)c2c(c1)oc1ccc(Br)cc12. The van der Waals surface area contributed by atoms with Crippen LogP contribution in [0.3, 0.4) is 0 Å². The van der Waals surface area contributed by atoms with Crippen molar-refractivity contribution in [2.24, 2.45) is 0 Å². The maximum atomic E-state index is 6.18. The highest BCUT2D eigenvalue weighted by Gasteiger charge is 2.18. The number of halogens is 1. The zero-order valence-corrected chi connectivity index (χ0v) is 18.3. The molecule has 0 aliphatic heterocycles. The van der Waals surface area contributed by atoms with Crippen LogP contribution in [-0.4, -0.2) is 9.97 Å². The van der Waals surface area contributed by atoms with Gasteiger partial charge >= 0.3 is 0 Å². The zero-order chi connectivity index (χ0) is 20.9. The zero-order valence-electron chi connectivity index (χ0n) is 16.8. The third-order valence-electron chi connectivity index (χ3n) is 5.57. The van der Waals surface area contributed by atoms with Crippen molar-refractivity contribution >= 4 is 48.8 Å². The first kappa shape index (κ1) is 18.3. The lowest BCUT2D eigenvalue weighted by Gasteiger charge is -2.10. The van der Waals surface area contributed by atoms with Crippen molar-refractivity contribution in [2.75, 3.05) is 0 Å². The van der Waals surface area contributed by atoms with Gasteiger partial charge in [-0.1, -0.05) is 64.5 Å². The smallest absolute Gasteiger partial charge is 0.161 e. The molecule has 0 aliphatic carbocycles. The minimum atomic E-state index is 0.703. The van der Waals surface area contributed by atoms with Gasteiger partial charge < -0.3 is 4.42 Å². The van der Waals surface area contributed by atoms with Gasteiger partial charge in [0.05, 0.1) is 11.2 Å². The second-order valence-corrected chi connectivity index (χ2v) is 8.62. The van der Waals surface area contributed by atoms with E-state index in [4.69, 9.17) is 14.4 Å². The minimum absolute atomic E-state index is 0.703. The first-order valence-corrected chi connectivity index (χ1v) is 10.9. The molecule has 6 rings (SSSR count). The second-order valence-electron chi connectivity index (χ2n) is 7.71. The highest BCUT2D eigenvalue weighted by molar-refractivity contribution is 9.10. The average molecular weight is 465 g/mol. The minimum Gasteiger partial charge on any atom is -0.456 e. The van der Waals surface area contributed by atoms with E-state index in [0.717, 1.165) is 59.7 Å². The fraction of sp³-hybridized carbons (Fsp3) is 0.0370. The predicted molar refractivity (Wildman–Crippen MR) is 130 cm³/mol. The van der Waals surface area contributed by atoms with Gasteiger partial charge in [0.25, 0.3) is 0 Å². The Kier molecular flexibility index (Phi) is 4.15. The summed E-state index contributed by atoms with van der Waals surface area (Å²) >= 11 is 3.60. The summed E-state index contributed by atoms with van der Waals surface area (Å²) in [6.45, 7) is 2.07. The van der Waals surface area contributed by atoms with E-state index in [0.29, 0.717) is 5.82 Å². The van der Waals surface area contributed by atoms with Crippen LogP contribution in [0.25, 0.3) is 55.5 Å². The van der Waals surface area contributed by atoms with E-state index in [2.05, 4.69) is 59.3 Å². The molecule has 0 saturated carbocycles. The Balaban J connectivity index is 1.73. The quantitative estimate of drug-likeness (QED) is 0.261. The number of para-hydroxylation sites is 1. The fourth-order valence-electron chi connectivity index (χ4n) is 4.21. The van der Waals surface area contributed by atoms with Crippen molar-refractivity contribution in [2.45, 2.75) is 6.92 Å². The number of benzene rings is 4. The van der Waals surface area contributed by atoms with Crippen molar-refractivity contribution in [3.63, 3.8) is 0 Å². The molecule has 0 unspecified atom stereocenters. The molecule has 0 radical (unpaired) electrons. The Morgan fingerprint density at radius 3 is 2.42 bits per heavy atom. The molecule has 148 valence electrons. The van der Waals surface area contributed by atoms with Crippen LogP contribution in [0, 0.1) is 6.92 Å². The third kappa shape index (κ3) is 3.03. The summed E-state index contributed by atoms with van der Waals surface area (Å²) in [6.07, 6.45) is 0. The van der Waals surface area contributed by atoms with Gasteiger partial charge in [-0.15, -0.1) is 0 Å². The van der Waals surface area contributed by atoms with Gasteiger partial charge in [-0.2, -0.15) is 0 Å². The van der Waals surface area contributed by atoms with Crippen molar-refractivity contribution in [3.8, 4) is 22.6 Å². The highest BCUT2D eigenvalue weighted by Crippen LogP contribution is 2.39. The van der Waals surface area contributed by atoms with Crippen LogP contribution in [0.4, 0.5) is 0 Å². The Labute approximate surface area is 187 Å². The van der Waals surface area contributed by atoms with E-state index in [1.807, 2.05) is 48.5 Å². The lowest BCUT2D eigenvalue weighted by molar-refractivity contribution is 0.668. The maximum Gasteiger partial charge on any atom is 0.161 e. The van der Waals surface area contributed by atoms with Crippen molar-refractivity contribution in [3.05, 3.63) is 95.0 Å². The molecule has 0 spiro atoms. The van der Waals surface area contributed by atoms with Crippen LogP contribution >= 0.6 is 15.9 Å². The number of hydrogen-bond acceptors (Lipinski definition) is 3. The molecule has 0 bridgehead atoms. The van der Waals surface area contributed by atoms with Gasteiger partial charge in [-0.05, 0) is 48.9 Å². The monoisotopic (exact) mass is 464 g/mol. The summed E-state index contributed by atoms with van der Waals surface area (Å²) < 4.78 is 7.19. The fourth-order valence-corrected chi connectivity index (χ4v) is 4.57. The molecule has 0 amide bonds. The molecular formula is C27H17BrN2O. The molecule has 0 N–H and O–H groups in total. The second kappa shape index (κ2) is 7.03. The lowest BCUT2D eigenvalue weighted by atomic mass is 10.0. The molecule has 0 saturated heterocycles. The molecular weight excluding hydrogens is 448 g/mol. The molecule has 0 fully saturated rings. The summed E-state index contributed by atoms with van der Waals surface area (Å²) in [5, 5.41) is 3.13. The van der Waals surface area contributed by atoms with E-state index < -0.39 is 0 Å². The summed E-state index contributed by atoms with van der Waals surface area (Å²) in [5.74, 6) is 0.703. The van der Waals surface area contributed by atoms with Crippen molar-refractivity contribution in [1.82, 2.24) is 9.97 Å². The molecule has 0 aliphatic rings. The van der Waals surface area contributed by atoms with Crippen molar-refractivity contribution < 1.29 is 4.42 Å². The van der Waals surface area contributed by atoms with Gasteiger partial charge in [0.15, 0.2) is 5.82 Å². The van der Waals surface area contributed by atoms with Gasteiger partial charge in [0, 0.05) is 31.8 Å². The molecule has 2 aromatic heterocycles. The number of aryl methyl sites for hydroxylation is 1. The topological polar surface area (TPSA) is 38.9 Å². The normalized spacial score (nSPS) is 11.5. The number of rotatable bonds is 2. The van der Waals surface area contributed by atoms with E-state index in [1.54, 1.807) is 0 Å². The van der Waals surface area contributed by atoms with E-state index in [9.17, 15) is 0 Å². The van der Waals surface area contributed by atoms with Crippen LogP contribution in [-0.2, 0) is 0 Å². The number of hydrogen-bond donors (Lipinski definition) is 0. The van der Waals surface area contributed by atoms with E-state index in [-0.39, 0.29) is 0 Å². The Bertz CT molecular complexity index is 1600. The molecule has 4 heteroatoms. The van der Waals surface area contributed by atoms with Gasteiger partial charge in [-0.25, -0.2) is 9.97 Å². The Hall–Kier alpha value is -3.50. The van der Waals surface area contributed by atoms with Crippen LogP contribution in [0.15, 0.2) is 93.8 Å². The number of furan rings is 1. The van der Waals surface area contributed by atoms with Crippen LogP contribution in [0.2, 0.25) is 0 Å². The van der Waals surface area contributed by atoms with Crippen LogP contribution in [0.1, 0.15) is 5.56 Å². The first-order chi connectivity index (χ1) is 15.2. The summed E-state index contributed by atoms with van der Waals surface area (Å²) in [7, 11) is 0. The standard InChI is InChI=1S/C27H17BrN2O/c1-16-13-21(25-20-15-18(28)11-12-23(20)31-24(25)14-16)27-29-22-10-6-5-9-19(22)26(30-27)17-7-3-2-4-8-17/h2-15H,1H3. The Morgan fingerprint density at radius 2 is 1.55 bits per heavy atom. The molecule has 3 nitrogen and oxygen atoms in total. The third-order valence-corrected chi connectivity index (χ3v) is 6.06. The average Bonchev–Trinajstić information content (AvgIpc) is 3.15. The van der Waals surface area contributed by atoms with Gasteiger partial charge in [0.1, 0.15) is 11.2 Å². The molecule has 4 aromatic carbocycles. The summed E-state index contributed by atoms with van der Waals surface area (Å²) in [5.41, 5.74) is 6.73.